The predicted octanol–water partition coefficient (Wildman–Crippen LogP) is 4.02. The number of imide groups is 1. The lowest BCUT2D eigenvalue weighted by Crippen LogP contribution is -2.55. The molecule has 6 atom stereocenters. The number of ether oxygens (including phenoxy) is 2. The lowest BCUT2D eigenvalue weighted by atomic mass is 9.60. The van der Waals surface area contributed by atoms with Gasteiger partial charge in [0, 0.05) is 30.0 Å². The van der Waals surface area contributed by atoms with Crippen molar-refractivity contribution >= 4 is 29.3 Å². The van der Waals surface area contributed by atoms with Crippen molar-refractivity contribution in [1.29, 1.82) is 0 Å². The van der Waals surface area contributed by atoms with Crippen molar-refractivity contribution in [3.63, 3.8) is 0 Å². The monoisotopic (exact) mass is 569 g/mol. The van der Waals surface area contributed by atoms with Crippen LogP contribution in [-0.4, -0.2) is 46.0 Å². The number of nitrogens with zero attached hydrogens (tertiary/aromatic N) is 2. The number of aliphatic hydroxyl groups excluding tert-OH is 2. The molecule has 42 heavy (non-hydrogen) atoms. The van der Waals surface area contributed by atoms with Gasteiger partial charge < -0.3 is 19.7 Å². The molecule has 0 radical (unpaired) electrons. The van der Waals surface area contributed by atoms with Gasteiger partial charge in [0.25, 0.3) is 0 Å². The molecule has 2 aliphatic carbocycles. The van der Waals surface area contributed by atoms with E-state index in [1.165, 1.54) is 4.90 Å². The second-order valence-electron chi connectivity index (χ2n) is 10.9. The van der Waals surface area contributed by atoms with Crippen molar-refractivity contribution < 1.29 is 34.1 Å². The predicted molar refractivity (Wildman–Crippen MR) is 152 cm³/mol. The average molecular weight is 570 g/mol. The van der Waals surface area contributed by atoms with Crippen LogP contribution < -0.4 is 15.1 Å². The van der Waals surface area contributed by atoms with Gasteiger partial charge in [-0.15, -0.1) is 0 Å². The standard InChI is InChI=1S/C32H31N3O7/c36-26-17-25(33-34-32(40)41-18-19-8-3-1-4-9-19)23-14-15-24-28(27(23)29(26)37)31(39)35(30(24)38)20-10-7-13-22(16-20)42-21-11-5-2-6-12-21/h1-13,16,23-24,26-29,36-37H,14-15,17-18H2,(H,34,40)/t23-,24-,26-,27-,28-,29+/m1/s1. The number of amides is 3. The van der Waals surface area contributed by atoms with Crippen molar-refractivity contribution in [3.05, 3.63) is 90.5 Å². The minimum Gasteiger partial charge on any atom is -0.457 e. The Balaban J connectivity index is 1.20. The first-order chi connectivity index (χ1) is 20.4. The molecule has 2 saturated carbocycles. The summed E-state index contributed by atoms with van der Waals surface area (Å²) in [4.78, 5) is 40.9. The third-order valence-electron chi connectivity index (χ3n) is 8.34. The van der Waals surface area contributed by atoms with E-state index in [1.54, 1.807) is 36.4 Å². The summed E-state index contributed by atoms with van der Waals surface area (Å²) in [7, 11) is 0. The van der Waals surface area contributed by atoms with Crippen LogP contribution in [0.2, 0.25) is 0 Å². The van der Waals surface area contributed by atoms with Gasteiger partial charge >= 0.3 is 6.09 Å². The number of aliphatic hydroxyl groups is 2. The zero-order valence-corrected chi connectivity index (χ0v) is 22.7. The molecular weight excluding hydrogens is 538 g/mol. The molecule has 216 valence electrons. The molecule has 0 spiro atoms. The van der Waals surface area contributed by atoms with E-state index >= 15 is 0 Å². The molecule has 1 saturated heterocycles. The van der Waals surface area contributed by atoms with E-state index in [0.29, 0.717) is 35.7 Å². The Morgan fingerprint density at radius 3 is 2.33 bits per heavy atom. The maximum Gasteiger partial charge on any atom is 0.428 e. The van der Waals surface area contributed by atoms with E-state index < -0.39 is 47.9 Å². The SMILES string of the molecule is O=C(NN=C1C[C@@H](O)[C@H](O)[C@H]2[C@@H]3C(=O)N(c4cccc(Oc5ccccc5)c4)C(=O)[C@@H]3CC[C@H]12)OCc1ccccc1. The highest BCUT2D eigenvalue weighted by molar-refractivity contribution is 6.22. The number of hydrazone groups is 1. The van der Waals surface area contributed by atoms with E-state index in [1.807, 2.05) is 48.5 Å². The van der Waals surface area contributed by atoms with Gasteiger partial charge in [-0.05, 0) is 42.7 Å². The second-order valence-corrected chi connectivity index (χ2v) is 10.9. The number of carbonyl (C=O) groups excluding carboxylic acids is 3. The Morgan fingerprint density at radius 1 is 0.881 bits per heavy atom. The lowest BCUT2D eigenvalue weighted by Gasteiger charge is -2.45. The summed E-state index contributed by atoms with van der Waals surface area (Å²) in [6.45, 7) is 0.0682. The number of fused-ring (bicyclic) bond motifs is 3. The molecule has 1 aliphatic heterocycles. The van der Waals surface area contributed by atoms with Crippen molar-refractivity contribution in [2.75, 3.05) is 4.90 Å². The third-order valence-corrected chi connectivity index (χ3v) is 8.34. The molecule has 10 heteroatoms. The Morgan fingerprint density at radius 2 is 1.57 bits per heavy atom. The van der Waals surface area contributed by atoms with E-state index in [0.717, 1.165) is 5.56 Å². The van der Waals surface area contributed by atoms with Crippen LogP contribution in [0.3, 0.4) is 0 Å². The van der Waals surface area contributed by atoms with Gasteiger partial charge in [0.05, 0.1) is 29.7 Å². The number of para-hydroxylation sites is 1. The van der Waals surface area contributed by atoms with Gasteiger partial charge in [-0.2, -0.15) is 5.10 Å². The van der Waals surface area contributed by atoms with E-state index in [4.69, 9.17) is 9.47 Å². The second kappa shape index (κ2) is 11.8. The summed E-state index contributed by atoms with van der Waals surface area (Å²) in [6.07, 6.45) is -2.27. The maximum atomic E-state index is 13.9. The first-order valence-corrected chi connectivity index (χ1v) is 14.0. The average Bonchev–Trinajstić information content (AvgIpc) is 3.27. The number of rotatable bonds is 6. The fraction of sp³-hybridized carbons (Fsp3) is 0.312. The topological polar surface area (TPSA) is 138 Å². The summed E-state index contributed by atoms with van der Waals surface area (Å²) in [5.41, 5.74) is 4.05. The van der Waals surface area contributed by atoms with Crippen LogP contribution in [0, 0.1) is 23.7 Å². The van der Waals surface area contributed by atoms with Crippen LogP contribution in [0.4, 0.5) is 10.5 Å². The van der Waals surface area contributed by atoms with Crippen LogP contribution in [0.1, 0.15) is 24.8 Å². The summed E-state index contributed by atoms with van der Waals surface area (Å²) >= 11 is 0. The Labute approximate surface area is 242 Å². The molecule has 0 bridgehead atoms. The van der Waals surface area contributed by atoms with Crippen LogP contribution in [0.15, 0.2) is 90.0 Å². The normalized spacial score (nSPS) is 27.8. The van der Waals surface area contributed by atoms with Gasteiger partial charge in [0.1, 0.15) is 18.1 Å². The number of hydrogen-bond acceptors (Lipinski definition) is 8. The van der Waals surface area contributed by atoms with Crippen molar-refractivity contribution in [1.82, 2.24) is 5.43 Å². The molecule has 3 aromatic rings. The van der Waals surface area contributed by atoms with Crippen molar-refractivity contribution in [2.45, 2.75) is 38.1 Å². The highest BCUT2D eigenvalue weighted by atomic mass is 16.6. The molecule has 10 nitrogen and oxygen atoms in total. The zero-order chi connectivity index (χ0) is 29.2. The molecule has 3 aliphatic rings. The molecule has 3 fully saturated rings. The smallest absolute Gasteiger partial charge is 0.428 e. The van der Waals surface area contributed by atoms with Gasteiger partial charge in [0.15, 0.2) is 0 Å². The van der Waals surface area contributed by atoms with Crippen LogP contribution in [0.25, 0.3) is 0 Å². The summed E-state index contributed by atoms with van der Waals surface area (Å²) in [5, 5.41) is 26.1. The number of carbonyl (C=O) groups is 3. The molecule has 3 N–H and O–H groups in total. The fourth-order valence-corrected chi connectivity index (χ4v) is 6.44. The summed E-state index contributed by atoms with van der Waals surface area (Å²) < 4.78 is 11.1. The van der Waals surface area contributed by atoms with Crippen LogP contribution in [-0.2, 0) is 20.9 Å². The van der Waals surface area contributed by atoms with Crippen molar-refractivity contribution in [3.8, 4) is 11.5 Å². The Hall–Kier alpha value is -4.54. The zero-order valence-electron chi connectivity index (χ0n) is 22.7. The maximum absolute atomic E-state index is 13.9. The number of benzene rings is 3. The molecule has 6 rings (SSSR count). The number of anilines is 1. The molecule has 1 heterocycles. The minimum atomic E-state index is -1.23. The lowest BCUT2D eigenvalue weighted by molar-refractivity contribution is -0.132. The number of hydrogen-bond donors (Lipinski definition) is 3. The van der Waals surface area contributed by atoms with Gasteiger partial charge in [-0.1, -0.05) is 54.6 Å². The van der Waals surface area contributed by atoms with Crippen LogP contribution >= 0.6 is 0 Å². The van der Waals surface area contributed by atoms with E-state index in [-0.39, 0.29) is 18.9 Å². The molecule has 0 aromatic heterocycles. The van der Waals surface area contributed by atoms with Gasteiger partial charge in [-0.3, -0.25) is 9.59 Å². The quantitative estimate of drug-likeness (QED) is 0.301. The minimum absolute atomic E-state index is 0.0312. The van der Waals surface area contributed by atoms with E-state index in [9.17, 15) is 24.6 Å². The molecule has 3 amide bonds. The van der Waals surface area contributed by atoms with Gasteiger partial charge in [0.2, 0.25) is 11.8 Å². The Kier molecular flexibility index (Phi) is 7.73. The van der Waals surface area contributed by atoms with E-state index in [2.05, 4.69) is 10.5 Å². The fourth-order valence-electron chi connectivity index (χ4n) is 6.44. The highest BCUT2D eigenvalue weighted by Crippen LogP contribution is 2.50. The summed E-state index contributed by atoms with van der Waals surface area (Å²) in [6, 6.07) is 25.2. The largest absolute Gasteiger partial charge is 0.457 e. The first-order valence-electron chi connectivity index (χ1n) is 14.0. The van der Waals surface area contributed by atoms with Gasteiger partial charge in [-0.25, -0.2) is 15.1 Å². The molecular formula is C32H31N3O7. The Bertz CT molecular complexity index is 1500. The highest BCUT2D eigenvalue weighted by Gasteiger charge is 2.60. The third kappa shape index (κ3) is 5.38. The number of nitrogens with one attached hydrogen (secondary N) is 1. The summed E-state index contributed by atoms with van der Waals surface area (Å²) in [5.74, 6) is -2.29. The van der Waals surface area contributed by atoms with Crippen LogP contribution in [0.5, 0.6) is 11.5 Å². The molecule has 0 unspecified atom stereocenters. The van der Waals surface area contributed by atoms with Crippen molar-refractivity contribution in [2.24, 2.45) is 28.8 Å². The first kappa shape index (κ1) is 27.6. The molecule has 3 aromatic carbocycles.